The van der Waals surface area contributed by atoms with Crippen LogP contribution in [0, 0.1) is 16.0 Å². The number of halogens is 1. The first-order chi connectivity index (χ1) is 9.81. The molecule has 3 N–H and O–H groups in total. The Morgan fingerprint density at radius 2 is 2.10 bits per heavy atom. The summed E-state index contributed by atoms with van der Waals surface area (Å²) in [5.41, 5.74) is 5.94. The zero-order chi connectivity index (χ0) is 16.0. The number of rotatable bonds is 7. The van der Waals surface area contributed by atoms with E-state index in [4.69, 9.17) is 17.3 Å². The Labute approximate surface area is 128 Å². The van der Waals surface area contributed by atoms with Crippen LogP contribution in [0.4, 0.5) is 11.4 Å². The maximum absolute atomic E-state index is 12.0. The van der Waals surface area contributed by atoms with Crippen molar-refractivity contribution in [1.82, 2.24) is 0 Å². The van der Waals surface area contributed by atoms with Gasteiger partial charge in [-0.05, 0) is 31.9 Å². The van der Waals surface area contributed by atoms with Crippen molar-refractivity contribution in [2.24, 2.45) is 11.7 Å². The van der Waals surface area contributed by atoms with Gasteiger partial charge in [0.25, 0.3) is 5.69 Å². The highest BCUT2D eigenvalue weighted by Crippen LogP contribution is 2.27. The van der Waals surface area contributed by atoms with Crippen molar-refractivity contribution in [1.29, 1.82) is 0 Å². The molecule has 0 spiro atoms. The average molecular weight is 314 g/mol. The molecule has 7 heteroatoms. The van der Waals surface area contributed by atoms with Crippen molar-refractivity contribution in [3.05, 3.63) is 33.3 Å². The first-order valence-electron chi connectivity index (χ1n) is 6.81. The van der Waals surface area contributed by atoms with Crippen LogP contribution in [0.1, 0.15) is 33.1 Å². The number of hydrogen-bond acceptors (Lipinski definition) is 4. The van der Waals surface area contributed by atoms with Gasteiger partial charge in [-0.15, -0.1) is 0 Å². The van der Waals surface area contributed by atoms with E-state index in [-0.39, 0.29) is 28.6 Å². The Kier molecular flexibility index (Phi) is 6.58. The molecule has 0 heterocycles. The molecule has 116 valence electrons. The number of hydrogen-bond donors (Lipinski definition) is 2. The number of carbonyl (C=O) groups excluding carboxylic acids is 1. The van der Waals surface area contributed by atoms with Gasteiger partial charge < -0.3 is 11.1 Å². The molecule has 1 amide bonds. The van der Waals surface area contributed by atoms with Crippen LogP contribution in [0.15, 0.2) is 18.2 Å². The lowest BCUT2D eigenvalue weighted by Crippen LogP contribution is -2.21. The van der Waals surface area contributed by atoms with E-state index in [0.29, 0.717) is 5.69 Å². The molecule has 21 heavy (non-hydrogen) atoms. The van der Waals surface area contributed by atoms with Gasteiger partial charge in [0.15, 0.2) is 0 Å². The minimum absolute atomic E-state index is 0.00223. The summed E-state index contributed by atoms with van der Waals surface area (Å²) in [6.45, 7) is 3.77. The number of benzene rings is 1. The summed E-state index contributed by atoms with van der Waals surface area (Å²) < 4.78 is 0. The molecule has 6 nitrogen and oxygen atoms in total. The summed E-state index contributed by atoms with van der Waals surface area (Å²) in [5.74, 6) is -0.290. The van der Waals surface area contributed by atoms with Crippen LogP contribution in [-0.2, 0) is 4.79 Å². The van der Waals surface area contributed by atoms with E-state index in [2.05, 4.69) is 5.32 Å². The number of carbonyl (C=O) groups is 1. The summed E-state index contributed by atoms with van der Waals surface area (Å²) in [6.07, 6.45) is 2.50. The average Bonchev–Trinajstić information content (AvgIpc) is 2.37. The van der Waals surface area contributed by atoms with Crippen molar-refractivity contribution >= 4 is 28.9 Å². The number of nitrogens with two attached hydrogens (primary N) is 1. The van der Waals surface area contributed by atoms with Crippen molar-refractivity contribution in [3.8, 4) is 0 Å². The fraction of sp³-hybridized carbons (Fsp3) is 0.500. The van der Waals surface area contributed by atoms with Crippen LogP contribution in [0.25, 0.3) is 0 Å². The summed E-state index contributed by atoms with van der Waals surface area (Å²) >= 11 is 5.80. The first kappa shape index (κ1) is 17.4. The molecule has 0 radical (unpaired) electrons. The maximum atomic E-state index is 12.0. The Balaban J connectivity index is 2.58. The van der Waals surface area contributed by atoms with Crippen LogP contribution >= 0.6 is 11.6 Å². The van der Waals surface area contributed by atoms with Crippen molar-refractivity contribution < 1.29 is 9.72 Å². The van der Waals surface area contributed by atoms with Gasteiger partial charge in [-0.25, -0.2) is 0 Å². The summed E-state index contributed by atoms with van der Waals surface area (Å²) in [4.78, 5) is 22.1. The van der Waals surface area contributed by atoms with Crippen LogP contribution in [-0.4, -0.2) is 16.9 Å². The predicted octanol–water partition coefficient (Wildman–Crippen LogP) is 3.34. The van der Waals surface area contributed by atoms with E-state index < -0.39 is 4.92 Å². The minimum Gasteiger partial charge on any atom is -0.328 e. The zero-order valence-electron chi connectivity index (χ0n) is 12.1. The second-order valence-electron chi connectivity index (χ2n) is 5.22. The van der Waals surface area contributed by atoms with E-state index in [1.807, 2.05) is 13.8 Å². The third-order valence-electron chi connectivity index (χ3n) is 3.16. The first-order valence-corrected chi connectivity index (χ1v) is 7.19. The summed E-state index contributed by atoms with van der Waals surface area (Å²) in [5, 5.41) is 13.4. The molecular formula is C14H20ClN3O3. The molecule has 0 fully saturated rings. The van der Waals surface area contributed by atoms with Crippen LogP contribution in [0.5, 0.6) is 0 Å². The van der Waals surface area contributed by atoms with Gasteiger partial charge in [-0.2, -0.15) is 0 Å². The molecule has 0 saturated heterocycles. The molecule has 0 aliphatic carbocycles. The van der Waals surface area contributed by atoms with E-state index in [1.54, 1.807) is 0 Å². The third kappa shape index (κ3) is 5.69. The van der Waals surface area contributed by atoms with E-state index in [9.17, 15) is 14.9 Å². The lowest BCUT2D eigenvalue weighted by atomic mass is 10.0. The number of anilines is 1. The van der Waals surface area contributed by atoms with Gasteiger partial charge in [-0.1, -0.05) is 24.9 Å². The third-order valence-corrected chi connectivity index (χ3v) is 3.46. The summed E-state index contributed by atoms with van der Waals surface area (Å²) in [7, 11) is 0. The van der Waals surface area contributed by atoms with Crippen LogP contribution < -0.4 is 11.1 Å². The SMILES string of the molecule is CC(N)CCCC(C)C(=O)Nc1ccc([N+](=O)[O-])c(Cl)c1. The number of amides is 1. The van der Waals surface area contributed by atoms with Gasteiger partial charge in [-0.3, -0.25) is 14.9 Å². The molecule has 2 atom stereocenters. The smallest absolute Gasteiger partial charge is 0.288 e. The number of nitrogens with one attached hydrogen (secondary N) is 1. The monoisotopic (exact) mass is 313 g/mol. The summed E-state index contributed by atoms with van der Waals surface area (Å²) in [6, 6.07) is 4.26. The number of nitro groups is 1. The van der Waals surface area contributed by atoms with Gasteiger partial charge in [0.2, 0.25) is 5.91 Å². The number of nitro benzene ring substituents is 1. The molecule has 1 aromatic carbocycles. The fourth-order valence-corrected chi connectivity index (χ4v) is 2.12. The second kappa shape index (κ2) is 7.95. The highest BCUT2D eigenvalue weighted by atomic mass is 35.5. The Morgan fingerprint density at radius 1 is 1.43 bits per heavy atom. The minimum atomic E-state index is -0.565. The van der Waals surface area contributed by atoms with Crippen molar-refractivity contribution in [2.75, 3.05) is 5.32 Å². The molecule has 0 aliphatic rings. The van der Waals surface area contributed by atoms with Gasteiger partial charge in [0.05, 0.1) is 4.92 Å². The van der Waals surface area contributed by atoms with Crippen LogP contribution in [0.3, 0.4) is 0 Å². The van der Waals surface area contributed by atoms with Gasteiger partial charge in [0.1, 0.15) is 5.02 Å². The topological polar surface area (TPSA) is 98.3 Å². The number of nitrogens with zero attached hydrogens (tertiary/aromatic N) is 1. The van der Waals surface area contributed by atoms with Gasteiger partial charge in [0, 0.05) is 23.7 Å². The van der Waals surface area contributed by atoms with Crippen LogP contribution in [0.2, 0.25) is 5.02 Å². The standard InChI is InChI=1S/C14H20ClN3O3/c1-9(4-3-5-10(2)16)14(19)17-11-6-7-13(18(20)21)12(15)8-11/h6-10H,3-5,16H2,1-2H3,(H,17,19). The van der Waals surface area contributed by atoms with Crippen molar-refractivity contribution in [2.45, 2.75) is 39.2 Å². The van der Waals surface area contributed by atoms with Crippen molar-refractivity contribution in [3.63, 3.8) is 0 Å². The zero-order valence-corrected chi connectivity index (χ0v) is 12.9. The van der Waals surface area contributed by atoms with Gasteiger partial charge >= 0.3 is 0 Å². The van der Waals surface area contributed by atoms with E-state index in [1.165, 1.54) is 18.2 Å². The largest absolute Gasteiger partial charge is 0.328 e. The lowest BCUT2D eigenvalue weighted by molar-refractivity contribution is -0.384. The quantitative estimate of drug-likeness (QED) is 0.595. The molecule has 0 aromatic heterocycles. The molecular weight excluding hydrogens is 294 g/mol. The molecule has 0 aliphatic heterocycles. The molecule has 0 bridgehead atoms. The van der Waals surface area contributed by atoms with E-state index in [0.717, 1.165) is 19.3 Å². The van der Waals surface area contributed by atoms with E-state index >= 15 is 0 Å². The fourth-order valence-electron chi connectivity index (χ4n) is 1.88. The molecule has 0 saturated carbocycles. The maximum Gasteiger partial charge on any atom is 0.288 e. The molecule has 1 aromatic rings. The lowest BCUT2D eigenvalue weighted by Gasteiger charge is -2.13. The Hall–Kier alpha value is -1.66. The highest BCUT2D eigenvalue weighted by molar-refractivity contribution is 6.33. The predicted molar refractivity (Wildman–Crippen MR) is 83.4 cm³/mol. The normalized spacial score (nSPS) is 13.5. The molecule has 2 unspecified atom stereocenters. The Bertz CT molecular complexity index is 520. The molecule has 1 rings (SSSR count). The highest BCUT2D eigenvalue weighted by Gasteiger charge is 2.16. The Morgan fingerprint density at radius 3 is 2.62 bits per heavy atom. The second-order valence-corrected chi connectivity index (χ2v) is 5.63.